The summed E-state index contributed by atoms with van der Waals surface area (Å²) in [4.78, 5) is 16.0. The van der Waals surface area contributed by atoms with E-state index >= 15 is 0 Å². The highest BCUT2D eigenvalue weighted by Crippen LogP contribution is 2.12. The van der Waals surface area contributed by atoms with Crippen LogP contribution in [0.5, 0.6) is 0 Å². The van der Waals surface area contributed by atoms with E-state index in [1.165, 1.54) is 0 Å². The zero-order valence-corrected chi connectivity index (χ0v) is 10.9. The molecular formula is C12H24N2O3. The molecule has 0 aromatic heterocycles. The average Bonchev–Trinajstić information content (AvgIpc) is 2.29. The van der Waals surface area contributed by atoms with Gasteiger partial charge in [0.2, 0.25) is 0 Å². The van der Waals surface area contributed by atoms with E-state index in [1.54, 1.807) is 0 Å². The Balaban J connectivity index is 2.31. The lowest BCUT2D eigenvalue weighted by molar-refractivity contribution is -0.153. The van der Waals surface area contributed by atoms with Crippen molar-refractivity contribution in [1.82, 2.24) is 9.80 Å². The lowest BCUT2D eigenvalue weighted by Crippen LogP contribution is -2.48. The lowest BCUT2D eigenvalue weighted by Gasteiger charge is -2.32. The Kier molecular flexibility index (Phi) is 6.47. The van der Waals surface area contributed by atoms with Crippen molar-refractivity contribution in [2.24, 2.45) is 0 Å². The van der Waals surface area contributed by atoms with Gasteiger partial charge in [-0.1, -0.05) is 0 Å². The highest BCUT2D eigenvalue weighted by atomic mass is 16.5. The molecule has 1 atom stereocenters. The van der Waals surface area contributed by atoms with Crippen LogP contribution in [0.4, 0.5) is 0 Å². The maximum absolute atomic E-state index is 12.0. The monoisotopic (exact) mass is 244 g/mol. The van der Waals surface area contributed by atoms with E-state index in [0.29, 0.717) is 26.0 Å². The summed E-state index contributed by atoms with van der Waals surface area (Å²) in [6.45, 7) is 3.22. The second-order valence-electron chi connectivity index (χ2n) is 4.71. The van der Waals surface area contributed by atoms with Gasteiger partial charge in [-0.15, -0.1) is 0 Å². The molecule has 1 aliphatic heterocycles. The molecule has 0 saturated carbocycles. The minimum absolute atomic E-state index is 0.0865. The van der Waals surface area contributed by atoms with Crippen LogP contribution >= 0.6 is 0 Å². The molecule has 0 spiro atoms. The predicted molar refractivity (Wildman–Crippen MR) is 65.8 cm³/mol. The van der Waals surface area contributed by atoms with Gasteiger partial charge >= 0.3 is 0 Å². The number of aliphatic hydroxyl groups is 1. The second kappa shape index (κ2) is 7.63. The van der Waals surface area contributed by atoms with Crippen LogP contribution in [0.1, 0.15) is 19.3 Å². The molecular weight excluding hydrogens is 220 g/mol. The number of amides is 1. The fourth-order valence-corrected chi connectivity index (χ4v) is 1.97. The smallest absolute Gasteiger partial charge is 0.251 e. The molecule has 0 aromatic rings. The highest BCUT2D eigenvalue weighted by Gasteiger charge is 2.28. The summed E-state index contributed by atoms with van der Waals surface area (Å²) in [6.07, 6.45) is 1.91. The molecule has 5 heteroatoms. The van der Waals surface area contributed by atoms with Crippen molar-refractivity contribution in [3.8, 4) is 0 Å². The molecule has 1 heterocycles. The minimum Gasteiger partial charge on any atom is -0.396 e. The molecule has 1 aliphatic rings. The molecule has 1 fully saturated rings. The Bertz CT molecular complexity index is 234. The Hall–Kier alpha value is -0.650. The van der Waals surface area contributed by atoms with Gasteiger partial charge in [0.05, 0.1) is 6.61 Å². The number of rotatable bonds is 7. The fourth-order valence-electron chi connectivity index (χ4n) is 1.97. The van der Waals surface area contributed by atoms with E-state index in [2.05, 4.69) is 4.90 Å². The second-order valence-corrected chi connectivity index (χ2v) is 4.71. The first-order valence-corrected chi connectivity index (χ1v) is 6.31. The number of hydrogen-bond acceptors (Lipinski definition) is 4. The predicted octanol–water partition coefficient (Wildman–Crippen LogP) is -0.0620. The van der Waals surface area contributed by atoms with Crippen molar-refractivity contribution in [1.29, 1.82) is 0 Å². The quantitative estimate of drug-likeness (QED) is 0.681. The SMILES string of the molecule is CN(C)CCCN1CCOC(CCCO)C1=O. The van der Waals surface area contributed by atoms with Gasteiger partial charge in [-0.2, -0.15) is 0 Å². The molecule has 1 unspecified atom stereocenters. The van der Waals surface area contributed by atoms with Crippen molar-refractivity contribution in [3.05, 3.63) is 0 Å². The van der Waals surface area contributed by atoms with Crippen LogP contribution < -0.4 is 0 Å². The molecule has 1 saturated heterocycles. The van der Waals surface area contributed by atoms with Crippen LogP contribution in [-0.4, -0.2) is 73.9 Å². The molecule has 1 amide bonds. The third-order valence-electron chi connectivity index (χ3n) is 2.93. The number of hydrogen-bond donors (Lipinski definition) is 1. The third-order valence-corrected chi connectivity index (χ3v) is 2.93. The van der Waals surface area contributed by atoms with Crippen LogP contribution in [0.25, 0.3) is 0 Å². The Morgan fingerprint density at radius 3 is 2.88 bits per heavy atom. The van der Waals surface area contributed by atoms with Crippen LogP contribution in [0.15, 0.2) is 0 Å². The third kappa shape index (κ3) is 5.02. The zero-order valence-electron chi connectivity index (χ0n) is 10.9. The minimum atomic E-state index is -0.338. The summed E-state index contributed by atoms with van der Waals surface area (Å²) < 4.78 is 5.44. The van der Waals surface area contributed by atoms with Gasteiger partial charge in [0, 0.05) is 19.7 Å². The van der Waals surface area contributed by atoms with E-state index in [1.807, 2.05) is 19.0 Å². The Labute approximate surface area is 103 Å². The van der Waals surface area contributed by atoms with Crippen LogP contribution in [0, 0.1) is 0 Å². The number of morpholine rings is 1. The van der Waals surface area contributed by atoms with Gasteiger partial charge in [-0.05, 0) is 39.9 Å². The molecule has 0 radical (unpaired) electrons. The molecule has 0 aromatic carbocycles. The van der Waals surface area contributed by atoms with Gasteiger partial charge in [0.15, 0.2) is 0 Å². The summed E-state index contributed by atoms with van der Waals surface area (Å²) in [5.41, 5.74) is 0. The van der Waals surface area contributed by atoms with Crippen LogP contribution in [0.3, 0.4) is 0 Å². The first-order valence-electron chi connectivity index (χ1n) is 6.31. The number of carbonyl (C=O) groups excluding carboxylic acids is 1. The van der Waals surface area contributed by atoms with Gasteiger partial charge in [0.25, 0.3) is 5.91 Å². The number of nitrogens with zero attached hydrogens (tertiary/aromatic N) is 2. The van der Waals surface area contributed by atoms with E-state index in [-0.39, 0.29) is 18.6 Å². The van der Waals surface area contributed by atoms with E-state index in [9.17, 15) is 4.79 Å². The van der Waals surface area contributed by atoms with Crippen molar-refractivity contribution < 1.29 is 14.6 Å². The van der Waals surface area contributed by atoms with E-state index in [0.717, 1.165) is 19.5 Å². The molecule has 0 bridgehead atoms. The van der Waals surface area contributed by atoms with Gasteiger partial charge < -0.3 is 19.6 Å². The summed E-state index contributed by atoms with van der Waals surface area (Å²) in [6, 6.07) is 0. The number of carbonyl (C=O) groups is 1. The first-order chi connectivity index (χ1) is 8.15. The summed E-state index contributed by atoms with van der Waals surface area (Å²) >= 11 is 0. The fraction of sp³-hybridized carbons (Fsp3) is 0.917. The Morgan fingerprint density at radius 1 is 1.47 bits per heavy atom. The molecule has 5 nitrogen and oxygen atoms in total. The molecule has 17 heavy (non-hydrogen) atoms. The van der Waals surface area contributed by atoms with Crippen molar-refractivity contribution in [2.75, 3.05) is 46.9 Å². The standard InChI is InChI=1S/C12H24N2O3/c1-13(2)6-4-7-14-8-10-17-11(12(14)16)5-3-9-15/h11,15H,3-10H2,1-2H3. The van der Waals surface area contributed by atoms with E-state index < -0.39 is 0 Å². The van der Waals surface area contributed by atoms with Gasteiger partial charge in [0.1, 0.15) is 6.10 Å². The molecule has 1 N–H and O–H groups in total. The summed E-state index contributed by atoms with van der Waals surface area (Å²) in [5.74, 6) is 0.0865. The average molecular weight is 244 g/mol. The largest absolute Gasteiger partial charge is 0.396 e. The molecule has 100 valence electrons. The van der Waals surface area contributed by atoms with Gasteiger partial charge in [-0.3, -0.25) is 4.79 Å². The number of ether oxygens (including phenoxy) is 1. The van der Waals surface area contributed by atoms with Crippen LogP contribution in [0.2, 0.25) is 0 Å². The highest BCUT2D eigenvalue weighted by molar-refractivity contribution is 5.81. The Morgan fingerprint density at radius 2 is 2.24 bits per heavy atom. The zero-order chi connectivity index (χ0) is 12.7. The molecule has 0 aliphatic carbocycles. The van der Waals surface area contributed by atoms with Gasteiger partial charge in [-0.25, -0.2) is 0 Å². The lowest BCUT2D eigenvalue weighted by atomic mass is 10.1. The summed E-state index contributed by atoms with van der Waals surface area (Å²) in [5, 5.41) is 8.77. The maximum Gasteiger partial charge on any atom is 0.251 e. The topological polar surface area (TPSA) is 53.0 Å². The van der Waals surface area contributed by atoms with Crippen LogP contribution in [-0.2, 0) is 9.53 Å². The van der Waals surface area contributed by atoms with Crippen molar-refractivity contribution in [3.63, 3.8) is 0 Å². The molecule has 1 rings (SSSR count). The van der Waals surface area contributed by atoms with Crippen molar-refractivity contribution in [2.45, 2.75) is 25.4 Å². The normalized spacial score (nSPS) is 21.3. The number of aliphatic hydroxyl groups excluding tert-OH is 1. The van der Waals surface area contributed by atoms with E-state index in [4.69, 9.17) is 9.84 Å². The van der Waals surface area contributed by atoms with Crippen molar-refractivity contribution >= 4 is 5.91 Å². The maximum atomic E-state index is 12.0. The first kappa shape index (κ1) is 14.4. The summed E-state index contributed by atoms with van der Waals surface area (Å²) in [7, 11) is 4.07.